The molecule has 1 aliphatic carbocycles. The van der Waals surface area contributed by atoms with Crippen LogP contribution >= 0.6 is 15.9 Å². The van der Waals surface area contributed by atoms with E-state index < -0.39 is 0 Å². The number of carbonyl (C=O) groups is 1. The average molecular weight is 296 g/mol. The molecule has 0 aromatic heterocycles. The molecule has 1 aromatic carbocycles. The Hall–Kier alpha value is -0.670. The van der Waals surface area contributed by atoms with Crippen LogP contribution in [-0.4, -0.2) is 30.8 Å². The Balaban J connectivity index is 1.79. The van der Waals surface area contributed by atoms with Gasteiger partial charge in [-0.2, -0.15) is 0 Å². The summed E-state index contributed by atoms with van der Waals surface area (Å²) in [6.07, 6.45) is 3.34. The number of ketones is 1. The molecule has 17 heavy (non-hydrogen) atoms. The van der Waals surface area contributed by atoms with Gasteiger partial charge >= 0.3 is 0 Å². The highest BCUT2D eigenvalue weighted by molar-refractivity contribution is 9.10. The zero-order chi connectivity index (χ0) is 12.3. The number of hydrogen-bond donors (Lipinski definition) is 0. The molecule has 0 radical (unpaired) electrons. The van der Waals surface area contributed by atoms with E-state index in [1.165, 1.54) is 12.8 Å². The molecule has 0 spiro atoms. The van der Waals surface area contributed by atoms with Crippen LogP contribution in [0.25, 0.3) is 0 Å². The third-order valence-corrected chi connectivity index (χ3v) is 3.63. The van der Waals surface area contributed by atoms with Crippen LogP contribution in [0.2, 0.25) is 0 Å². The molecule has 1 saturated carbocycles. The first kappa shape index (κ1) is 12.8. The molecule has 0 unspecified atom stereocenters. The van der Waals surface area contributed by atoms with Gasteiger partial charge in [0.25, 0.3) is 0 Å². The normalized spacial score (nSPS) is 15.2. The number of benzene rings is 1. The molecule has 0 heterocycles. The maximum absolute atomic E-state index is 12.0. The van der Waals surface area contributed by atoms with Crippen molar-refractivity contribution < 1.29 is 4.79 Å². The highest BCUT2D eigenvalue weighted by Crippen LogP contribution is 2.29. The summed E-state index contributed by atoms with van der Waals surface area (Å²) in [5, 5.41) is 0. The summed E-state index contributed by atoms with van der Waals surface area (Å²) >= 11 is 3.39. The van der Waals surface area contributed by atoms with Crippen LogP contribution in [0.5, 0.6) is 0 Å². The summed E-state index contributed by atoms with van der Waals surface area (Å²) in [4.78, 5) is 14.2. The Bertz CT molecular complexity index is 401. The molecule has 1 aromatic rings. The van der Waals surface area contributed by atoms with Crippen molar-refractivity contribution in [2.24, 2.45) is 5.92 Å². The van der Waals surface area contributed by atoms with Crippen molar-refractivity contribution in [2.75, 3.05) is 20.1 Å². The SMILES string of the molecule is CN(CCC(=O)c1cccc(Br)c1)CC1CC1. The van der Waals surface area contributed by atoms with Crippen LogP contribution < -0.4 is 0 Å². The largest absolute Gasteiger partial charge is 0.306 e. The second-order valence-corrected chi connectivity index (χ2v) is 5.80. The van der Waals surface area contributed by atoms with Crippen molar-refractivity contribution in [3.05, 3.63) is 34.3 Å². The number of Topliss-reactive ketones (excluding diaryl/α,β-unsaturated/α-hetero) is 1. The van der Waals surface area contributed by atoms with Gasteiger partial charge in [0.15, 0.2) is 5.78 Å². The maximum Gasteiger partial charge on any atom is 0.164 e. The van der Waals surface area contributed by atoms with Crippen LogP contribution in [0.1, 0.15) is 29.6 Å². The quantitative estimate of drug-likeness (QED) is 0.750. The molecule has 1 aliphatic rings. The lowest BCUT2D eigenvalue weighted by atomic mass is 10.1. The Kier molecular flexibility index (Phi) is 4.35. The van der Waals surface area contributed by atoms with E-state index in [4.69, 9.17) is 0 Å². The van der Waals surface area contributed by atoms with Gasteiger partial charge < -0.3 is 4.90 Å². The lowest BCUT2D eigenvalue weighted by Crippen LogP contribution is -2.24. The zero-order valence-corrected chi connectivity index (χ0v) is 11.7. The topological polar surface area (TPSA) is 20.3 Å². The Morgan fingerprint density at radius 2 is 2.24 bits per heavy atom. The zero-order valence-electron chi connectivity index (χ0n) is 10.2. The van der Waals surface area contributed by atoms with E-state index in [0.717, 1.165) is 29.0 Å². The predicted octanol–water partition coefficient (Wildman–Crippen LogP) is 3.36. The van der Waals surface area contributed by atoms with Gasteiger partial charge in [0.1, 0.15) is 0 Å². The standard InChI is InChI=1S/C14H18BrNO/c1-16(10-11-5-6-11)8-7-14(17)12-3-2-4-13(15)9-12/h2-4,9,11H,5-8,10H2,1H3. The van der Waals surface area contributed by atoms with Crippen molar-refractivity contribution in [3.63, 3.8) is 0 Å². The first-order valence-electron chi connectivity index (χ1n) is 6.12. The Morgan fingerprint density at radius 3 is 2.88 bits per heavy atom. The number of hydrogen-bond acceptors (Lipinski definition) is 2. The fraction of sp³-hybridized carbons (Fsp3) is 0.500. The van der Waals surface area contributed by atoms with E-state index in [0.29, 0.717) is 6.42 Å². The van der Waals surface area contributed by atoms with Crippen molar-refractivity contribution in [2.45, 2.75) is 19.3 Å². The number of halogens is 1. The highest BCUT2D eigenvalue weighted by atomic mass is 79.9. The third kappa shape index (κ3) is 4.25. The summed E-state index contributed by atoms with van der Waals surface area (Å²) in [6.45, 7) is 2.01. The lowest BCUT2D eigenvalue weighted by molar-refractivity contribution is 0.0968. The van der Waals surface area contributed by atoms with E-state index >= 15 is 0 Å². The van der Waals surface area contributed by atoms with Crippen molar-refractivity contribution in [1.82, 2.24) is 4.90 Å². The molecular formula is C14H18BrNO. The molecule has 3 heteroatoms. The van der Waals surface area contributed by atoms with Gasteiger partial charge in [-0.25, -0.2) is 0 Å². The van der Waals surface area contributed by atoms with E-state index in [1.54, 1.807) is 0 Å². The van der Waals surface area contributed by atoms with Gasteiger partial charge in [-0.3, -0.25) is 4.79 Å². The Labute approximate surface area is 111 Å². The Morgan fingerprint density at radius 1 is 1.47 bits per heavy atom. The lowest BCUT2D eigenvalue weighted by Gasteiger charge is -2.15. The molecule has 0 amide bonds. The summed E-state index contributed by atoms with van der Waals surface area (Å²) in [7, 11) is 2.10. The summed E-state index contributed by atoms with van der Waals surface area (Å²) in [6, 6.07) is 7.62. The fourth-order valence-electron chi connectivity index (χ4n) is 1.93. The molecule has 2 rings (SSSR count). The first-order chi connectivity index (χ1) is 8.15. The van der Waals surface area contributed by atoms with Crippen LogP contribution in [0.4, 0.5) is 0 Å². The van der Waals surface area contributed by atoms with E-state index in [2.05, 4.69) is 27.9 Å². The predicted molar refractivity (Wildman–Crippen MR) is 73.3 cm³/mol. The average Bonchev–Trinajstić information content (AvgIpc) is 3.10. The van der Waals surface area contributed by atoms with Gasteiger partial charge in [-0.15, -0.1) is 0 Å². The van der Waals surface area contributed by atoms with Crippen LogP contribution in [0.3, 0.4) is 0 Å². The smallest absolute Gasteiger partial charge is 0.164 e. The molecule has 0 bridgehead atoms. The van der Waals surface area contributed by atoms with E-state index in [-0.39, 0.29) is 5.78 Å². The van der Waals surface area contributed by atoms with Crippen LogP contribution in [0.15, 0.2) is 28.7 Å². The van der Waals surface area contributed by atoms with Crippen molar-refractivity contribution >= 4 is 21.7 Å². The minimum absolute atomic E-state index is 0.231. The monoisotopic (exact) mass is 295 g/mol. The molecule has 0 saturated heterocycles. The van der Waals surface area contributed by atoms with Gasteiger partial charge in [0.2, 0.25) is 0 Å². The van der Waals surface area contributed by atoms with Gasteiger partial charge in [0, 0.05) is 29.5 Å². The van der Waals surface area contributed by atoms with Crippen molar-refractivity contribution in [1.29, 1.82) is 0 Å². The molecular weight excluding hydrogens is 278 g/mol. The minimum Gasteiger partial charge on any atom is -0.306 e. The van der Waals surface area contributed by atoms with Gasteiger partial charge in [-0.05, 0) is 37.9 Å². The maximum atomic E-state index is 12.0. The van der Waals surface area contributed by atoms with Crippen LogP contribution in [-0.2, 0) is 0 Å². The third-order valence-electron chi connectivity index (χ3n) is 3.13. The molecule has 92 valence electrons. The van der Waals surface area contributed by atoms with Crippen LogP contribution in [0, 0.1) is 5.92 Å². The van der Waals surface area contributed by atoms with Gasteiger partial charge in [0.05, 0.1) is 0 Å². The van der Waals surface area contributed by atoms with E-state index in [9.17, 15) is 4.79 Å². The minimum atomic E-state index is 0.231. The first-order valence-corrected chi connectivity index (χ1v) is 6.92. The summed E-state index contributed by atoms with van der Waals surface area (Å²) in [5.74, 6) is 1.12. The number of rotatable bonds is 6. The molecule has 0 N–H and O–H groups in total. The fourth-order valence-corrected chi connectivity index (χ4v) is 2.33. The number of nitrogens with zero attached hydrogens (tertiary/aromatic N) is 1. The second kappa shape index (κ2) is 5.78. The second-order valence-electron chi connectivity index (χ2n) is 4.89. The van der Waals surface area contributed by atoms with E-state index in [1.807, 2.05) is 24.3 Å². The molecule has 0 atom stereocenters. The molecule has 2 nitrogen and oxygen atoms in total. The summed E-state index contributed by atoms with van der Waals surface area (Å²) in [5.41, 5.74) is 0.805. The van der Waals surface area contributed by atoms with Gasteiger partial charge in [-0.1, -0.05) is 28.1 Å². The van der Waals surface area contributed by atoms with Crippen molar-refractivity contribution in [3.8, 4) is 0 Å². The number of carbonyl (C=O) groups excluding carboxylic acids is 1. The molecule has 1 fully saturated rings. The molecule has 0 aliphatic heterocycles. The summed E-state index contributed by atoms with van der Waals surface area (Å²) < 4.78 is 0.967. The highest BCUT2D eigenvalue weighted by Gasteiger charge is 2.22.